The fraction of sp³-hybridized carbons (Fsp3) is 0.125. The van der Waals surface area contributed by atoms with E-state index in [1.165, 1.54) is 23.6 Å². The Kier molecular flexibility index (Phi) is 3.22. The smallest absolute Gasteiger partial charge is 0.200 e. The minimum atomic E-state index is -3.44. The normalized spacial score (nSPS) is 15.4. The van der Waals surface area contributed by atoms with E-state index in [1.807, 2.05) is 31.2 Å². The number of ether oxygens (including phenoxy) is 1. The van der Waals surface area contributed by atoms with Crippen molar-refractivity contribution in [3.8, 4) is 11.5 Å². The lowest BCUT2D eigenvalue weighted by Crippen LogP contribution is -2.00. The topological polar surface area (TPSA) is 63.6 Å². The van der Waals surface area contributed by atoms with Crippen LogP contribution in [0.2, 0.25) is 0 Å². The summed E-state index contributed by atoms with van der Waals surface area (Å²) < 4.78 is 29.8. The molecule has 21 heavy (non-hydrogen) atoms. The predicted molar refractivity (Wildman–Crippen MR) is 79.9 cm³/mol. The molecule has 5 heteroatoms. The van der Waals surface area contributed by atoms with Crippen molar-refractivity contribution in [2.24, 2.45) is 0 Å². The Labute approximate surface area is 123 Å². The molecule has 4 nitrogen and oxygen atoms in total. The number of aromatic hydroxyl groups is 1. The lowest BCUT2D eigenvalue weighted by molar-refractivity contribution is 0.367. The van der Waals surface area contributed by atoms with Gasteiger partial charge in [-0.25, -0.2) is 8.42 Å². The zero-order valence-electron chi connectivity index (χ0n) is 11.4. The van der Waals surface area contributed by atoms with Crippen LogP contribution < -0.4 is 4.74 Å². The summed E-state index contributed by atoms with van der Waals surface area (Å²) in [5.74, 6) is 0.747. The average molecular weight is 302 g/mol. The fourth-order valence-electron chi connectivity index (χ4n) is 2.32. The van der Waals surface area contributed by atoms with Crippen LogP contribution in [0.1, 0.15) is 11.1 Å². The Morgan fingerprint density at radius 3 is 2.67 bits per heavy atom. The third kappa shape index (κ3) is 2.52. The number of para-hydroxylation sites is 1. The summed E-state index contributed by atoms with van der Waals surface area (Å²) in [6.07, 6.45) is 0. The number of hydrogen-bond acceptors (Lipinski definition) is 4. The van der Waals surface area contributed by atoms with Crippen LogP contribution in [-0.4, -0.2) is 20.1 Å². The first-order valence-electron chi connectivity index (χ1n) is 6.45. The number of rotatable bonds is 3. The highest BCUT2D eigenvalue weighted by Crippen LogP contribution is 2.35. The summed E-state index contributed by atoms with van der Waals surface area (Å²) in [6.45, 7) is 2.06. The van der Waals surface area contributed by atoms with Crippen LogP contribution in [-0.2, 0) is 9.84 Å². The van der Waals surface area contributed by atoms with Gasteiger partial charge in [0.15, 0.2) is 0 Å². The van der Waals surface area contributed by atoms with E-state index in [1.54, 1.807) is 0 Å². The minimum absolute atomic E-state index is 0.0349. The standard InChI is InChI=1S/C16H14O4S/c1-11-4-2-3-5-15(11)20-9-12-10-21(18,19)16-7-6-13(17)8-14(12)16/h2-8,10,17H,9H2,1H3. The van der Waals surface area contributed by atoms with Crippen LogP contribution in [0.4, 0.5) is 0 Å². The third-order valence-electron chi connectivity index (χ3n) is 3.39. The SMILES string of the molecule is Cc1ccccc1OCC1=CS(=O)(=O)c2ccc(O)cc21. The molecular weight excluding hydrogens is 288 g/mol. The molecule has 1 aliphatic heterocycles. The molecule has 0 atom stereocenters. The Morgan fingerprint density at radius 2 is 1.90 bits per heavy atom. The fourth-order valence-corrected chi connectivity index (χ4v) is 3.77. The zero-order valence-corrected chi connectivity index (χ0v) is 12.2. The van der Waals surface area contributed by atoms with E-state index >= 15 is 0 Å². The lowest BCUT2D eigenvalue weighted by Gasteiger charge is -2.10. The number of fused-ring (bicyclic) bond motifs is 1. The molecule has 1 N–H and O–H groups in total. The minimum Gasteiger partial charge on any atom is -0.508 e. The first kappa shape index (κ1) is 13.7. The highest BCUT2D eigenvalue weighted by atomic mass is 32.2. The van der Waals surface area contributed by atoms with Crippen LogP contribution in [0, 0.1) is 6.92 Å². The summed E-state index contributed by atoms with van der Waals surface area (Å²) >= 11 is 0. The molecule has 108 valence electrons. The molecule has 0 aromatic heterocycles. The molecule has 3 rings (SSSR count). The van der Waals surface area contributed by atoms with Gasteiger partial charge in [0.25, 0.3) is 0 Å². The van der Waals surface area contributed by atoms with Gasteiger partial charge in [0, 0.05) is 16.5 Å². The van der Waals surface area contributed by atoms with Gasteiger partial charge in [-0.05, 0) is 36.8 Å². The van der Waals surface area contributed by atoms with E-state index in [0.29, 0.717) is 16.9 Å². The van der Waals surface area contributed by atoms with Gasteiger partial charge in [0.1, 0.15) is 18.1 Å². The zero-order chi connectivity index (χ0) is 15.0. The molecule has 1 aliphatic rings. The number of phenolic OH excluding ortho intramolecular Hbond substituents is 1. The van der Waals surface area contributed by atoms with Crippen molar-refractivity contribution >= 4 is 15.4 Å². The Hall–Kier alpha value is -2.27. The molecule has 0 saturated carbocycles. The Balaban J connectivity index is 1.91. The van der Waals surface area contributed by atoms with Gasteiger partial charge >= 0.3 is 0 Å². The van der Waals surface area contributed by atoms with Crippen LogP contribution in [0.15, 0.2) is 52.8 Å². The highest BCUT2D eigenvalue weighted by Gasteiger charge is 2.27. The molecule has 2 aromatic carbocycles. The first-order chi connectivity index (χ1) is 9.97. The van der Waals surface area contributed by atoms with Crippen LogP contribution in [0.25, 0.3) is 5.57 Å². The maximum Gasteiger partial charge on any atom is 0.200 e. The summed E-state index contributed by atoms with van der Waals surface area (Å²) in [7, 11) is -3.44. The van der Waals surface area contributed by atoms with E-state index in [4.69, 9.17) is 4.74 Å². The van der Waals surface area contributed by atoms with E-state index < -0.39 is 9.84 Å². The molecule has 0 saturated heterocycles. The summed E-state index contributed by atoms with van der Waals surface area (Å²) in [5, 5.41) is 10.8. The number of benzene rings is 2. The van der Waals surface area contributed by atoms with Crippen molar-refractivity contribution < 1.29 is 18.3 Å². The average Bonchev–Trinajstić information content (AvgIpc) is 2.69. The molecule has 0 bridgehead atoms. The Morgan fingerprint density at radius 1 is 1.14 bits per heavy atom. The molecule has 0 fully saturated rings. The van der Waals surface area contributed by atoms with Crippen LogP contribution in [0.5, 0.6) is 11.5 Å². The van der Waals surface area contributed by atoms with Crippen molar-refractivity contribution in [2.45, 2.75) is 11.8 Å². The van der Waals surface area contributed by atoms with E-state index in [0.717, 1.165) is 5.56 Å². The largest absolute Gasteiger partial charge is 0.508 e. The highest BCUT2D eigenvalue weighted by molar-refractivity contribution is 7.95. The van der Waals surface area contributed by atoms with Gasteiger partial charge in [-0.15, -0.1) is 0 Å². The number of hydrogen-bond donors (Lipinski definition) is 1. The van der Waals surface area contributed by atoms with Crippen molar-refractivity contribution in [3.63, 3.8) is 0 Å². The summed E-state index contributed by atoms with van der Waals surface area (Å²) in [4.78, 5) is 0.212. The van der Waals surface area contributed by atoms with Gasteiger partial charge < -0.3 is 9.84 Å². The maximum absolute atomic E-state index is 12.0. The molecular formula is C16H14O4S. The van der Waals surface area contributed by atoms with Crippen molar-refractivity contribution in [1.29, 1.82) is 0 Å². The predicted octanol–water partition coefficient (Wildman–Crippen LogP) is 2.91. The molecule has 0 aliphatic carbocycles. The second-order valence-electron chi connectivity index (χ2n) is 4.92. The van der Waals surface area contributed by atoms with Gasteiger partial charge in [-0.2, -0.15) is 0 Å². The Bertz CT molecular complexity index is 835. The molecule has 0 amide bonds. The van der Waals surface area contributed by atoms with Gasteiger partial charge in [-0.1, -0.05) is 18.2 Å². The van der Waals surface area contributed by atoms with Crippen LogP contribution >= 0.6 is 0 Å². The molecule has 0 radical (unpaired) electrons. The first-order valence-corrected chi connectivity index (χ1v) is 7.99. The maximum atomic E-state index is 12.0. The monoisotopic (exact) mass is 302 g/mol. The van der Waals surface area contributed by atoms with E-state index in [2.05, 4.69) is 0 Å². The lowest BCUT2D eigenvalue weighted by atomic mass is 10.1. The summed E-state index contributed by atoms with van der Waals surface area (Å²) in [6, 6.07) is 11.8. The number of aryl methyl sites for hydroxylation is 1. The van der Waals surface area contributed by atoms with Crippen LogP contribution in [0.3, 0.4) is 0 Å². The molecule has 0 unspecified atom stereocenters. The van der Waals surface area contributed by atoms with E-state index in [9.17, 15) is 13.5 Å². The second-order valence-corrected chi connectivity index (χ2v) is 6.69. The molecule has 2 aromatic rings. The van der Waals surface area contributed by atoms with Gasteiger partial charge in [-0.3, -0.25) is 0 Å². The van der Waals surface area contributed by atoms with E-state index in [-0.39, 0.29) is 17.3 Å². The summed E-state index contributed by atoms with van der Waals surface area (Å²) in [5.41, 5.74) is 2.03. The molecule has 0 spiro atoms. The van der Waals surface area contributed by atoms with Gasteiger partial charge in [0.05, 0.1) is 4.90 Å². The quantitative estimate of drug-likeness (QED) is 0.947. The number of sulfone groups is 1. The van der Waals surface area contributed by atoms with Crippen molar-refractivity contribution in [3.05, 3.63) is 59.0 Å². The second kappa shape index (κ2) is 4.93. The van der Waals surface area contributed by atoms with Crippen molar-refractivity contribution in [1.82, 2.24) is 0 Å². The molecule has 1 heterocycles. The van der Waals surface area contributed by atoms with Gasteiger partial charge in [0.2, 0.25) is 9.84 Å². The number of phenols is 1. The third-order valence-corrected chi connectivity index (χ3v) is 4.95. The van der Waals surface area contributed by atoms with Crippen molar-refractivity contribution in [2.75, 3.05) is 6.61 Å².